The van der Waals surface area contributed by atoms with Gasteiger partial charge < -0.3 is 15.0 Å². The van der Waals surface area contributed by atoms with Gasteiger partial charge in [0.2, 0.25) is 0 Å². The van der Waals surface area contributed by atoms with Crippen molar-refractivity contribution in [1.29, 1.82) is 0 Å². The molecule has 0 bridgehead atoms. The number of likely N-dealkylation sites (tertiary alicyclic amines) is 1. The van der Waals surface area contributed by atoms with Crippen LogP contribution >= 0.6 is 0 Å². The molecule has 0 aromatic heterocycles. The molecule has 1 aromatic carbocycles. The highest BCUT2D eigenvalue weighted by Crippen LogP contribution is 2.23. The molecule has 124 valence electrons. The minimum atomic E-state index is 0.460. The summed E-state index contributed by atoms with van der Waals surface area (Å²) < 4.78 is 5.95. The van der Waals surface area contributed by atoms with E-state index in [-0.39, 0.29) is 0 Å². The molecule has 22 heavy (non-hydrogen) atoms. The van der Waals surface area contributed by atoms with Gasteiger partial charge in [-0.2, -0.15) is 0 Å². The number of piperidine rings is 1. The Morgan fingerprint density at radius 1 is 1.18 bits per heavy atom. The predicted molar refractivity (Wildman–Crippen MR) is 95.0 cm³/mol. The molecule has 1 aliphatic rings. The van der Waals surface area contributed by atoms with Crippen LogP contribution in [0.4, 0.5) is 5.69 Å². The number of anilines is 1. The lowest BCUT2D eigenvalue weighted by Gasteiger charge is -2.26. The zero-order valence-electron chi connectivity index (χ0n) is 14.5. The van der Waals surface area contributed by atoms with Gasteiger partial charge in [-0.1, -0.05) is 13.3 Å². The van der Waals surface area contributed by atoms with Gasteiger partial charge in [-0.15, -0.1) is 0 Å². The highest BCUT2D eigenvalue weighted by atomic mass is 16.5. The minimum absolute atomic E-state index is 0.460. The normalized spacial score (nSPS) is 16.0. The van der Waals surface area contributed by atoms with E-state index in [1.54, 1.807) is 0 Å². The van der Waals surface area contributed by atoms with Gasteiger partial charge in [0.05, 0.1) is 6.61 Å². The Morgan fingerprint density at radius 2 is 1.95 bits per heavy atom. The zero-order chi connectivity index (χ0) is 15.8. The number of nitrogens with zero attached hydrogens (tertiary/aromatic N) is 1. The van der Waals surface area contributed by atoms with Crippen molar-refractivity contribution in [2.75, 3.05) is 31.6 Å². The average molecular weight is 304 g/mol. The van der Waals surface area contributed by atoms with Crippen LogP contribution in [0, 0.1) is 0 Å². The SMILES string of the molecule is CCc1cc(OCCCN2CCCCC2)ccc1NC(C)C. The number of ether oxygens (including phenoxy) is 1. The van der Waals surface area contributed by atoms with Crippen LogP contribution in [-0.2, 0) is 6.42 Å². The van der Waals surface area contributed by atoms with E-state index >= 15 is 0 Å². The van der Waals surface area contributed by atoms with Gasteiger partial charge >= 0.3 is 0 Å². The van der Waals surface area contributed by atoms with Crippen LogP contribution in [0.3, 0.4) is 0 Å². The van der Waals surface area contributed by atoms with E-state index in [2.05, 4.69) is 49.2 Å². The third-order valence-electron chi connectivity index (χ3n) is 4.24. The molecule has 0 aliphatic carbocycles. The first kappa shape index (κ1) is 17.1. The second-order valence-corrected chi connectivity index (χ2v) is 6.58. The summed E-state index contributed by atoms with van der Waals surface area (Å²) in [5, 5.41) is 3.50. The maximum atomic E-state index is 5.95. The van der Waals surface area contributed by atoms with Gasteiger partial charge in [0.1, 0.15) is 5.75 Å². The van der Waals surface area contributed by atoms with Gasteiger partial charge in [0.15, 0.2) is 0 Å². The van der Waals surface area contributed by atoms with Crippen LogP contribution in [0.15, 0.2) is 18.2 Å². The third-order valence-corrected chi connectivity index (χ3v) is 4.24. The first-order valence-corrected chi connectivity index (χ1v) is 8.93. The number of benzene rings is 1. The summed E-state index contributed by atoms with van der Waals surface area (Å²) in [5.74, 6) is 1.00. The van der Waals surface area contributed by atoms with Crippen LogP contribution in [0.1, 0.15) is 52.0 Å². The Morgan fingerprint density at radius 3 is 2.64 bits per heavy atom. The molecule has 3 nitrogen and oxygen atoms in total. The van der Waals surface area contributed by atoms with Gasteiger partial charge in [-0.3, -0.25) is 0 Å². The molecule has 1 aliphatic heterocycles. The molecule has 1 heterocycles. The molecule has 0 atom stereocenters. The van der Waals surface area contributed by atoms with Crippen LogP contribution < -0.4 is 10.1 Å². The predicted octanol–water partition coefficient (Wildman–Crippen LogP) is 4.32. The quantitative estimate of drug-likeness (QED) is 0.724. The second kappa shape index (κ2) is 9.04. The smallest absolute Gasteiger partial charge is 0.119 e. The number of rotatable bonds is 8. The standard InChI is InChI=1S/C19H32N2O/c1-4-17-15-18(9-10-19(17)20-16(2)3)22-14-8-13-21-11-6-5-7-12-21/h9-10,15-16,20H,4-8,11-14H2,1-3H3. The number of nitrogens with one attached hydrogen (secondary N) is 1. The van der Waals surface area contributed by atoms with E-state index in [9.17, 15) is 0 Å². The van der Waals surface area contributed by atoms with E-state index in [1.807, 2.05) is 0 Å². The molecule has 0 unspecified atom stereocenters. The fourth-order valence-electron chi connectivity index (χ4n) is 3.07. The maximum absolute atomic E-state index is 5.95. The van der Waals surface area contributed by atoms with Crippen molar-refractivity contribution in [3.63, 3.8) is 0 Å². The van der Waals surface area contributed by atoms with Crippen LogP contribution in [0.25, 0.3) is 0 Å². The fraction of sp³-hybridized carbons (Fsp3) is 0.684. The lowest BCUT2D eigenvalue weighted by Crippen LogP contribution is -2.31. The Kier molecular flexibility index (Phi) is 7.04. The molecule has 1 N–H and O–H groups in total. The molecule has 0 spiro atoms. The van der Waals surface area contributed by atoms with Crippen molar-refractivity contribution < 1.29 is 4.74 Å². The fourth-order valence-corrected chi connectivity index (χ4v) is 3.07. The Balaban J connectivity index is 1.77. The summed E-state index contributed by atoms with van der Waals surface area (Å²) in [6.45, 7) is 11.1. The third kappa shape index (κ3) is 5.53. The topological polar surface area (TPSA) is 24.5 Å². The molecule has 2 rings (SSSR count). The summed E-state index contributed by atoms with van der Waals surface area (Å²) in [6, 6.07) is 6.89. The highest BCUT2D eigenvalue weighted by molar-refractivity contribution is 5.54. The summed E-state index contributed by atoms with van der Waals surface area (Å²) >= 11 is 0. The molecular weight excluding hydrogens is 272 g/mol. The minimum Gasteiger partial charge on any atom is -0.494 e. The van der Waals surface area contributed by atoms with E-state index in [0.29, 0.717) is 6.04 Å². The first-order chi connectivity index (χ1) is 10.7. The summed E-state index contributed by atoms with van der Waals surface area (Å²) in [6.07, 6.45) is 6.28. The van der Waals surface area contributed by atoms with Crippen molar-refractivity contribution in [3.05, 3.63) is 23.8 Å². The second-order valence-electron chi connectivity index (χ2n) is 6.58. The first-order valence-electron chi connectivity index (χ1n) is 8.93. The Hall–Kier alpha value is -1.22. The van der Waals surface area contributed by atoms with Crippen LogP contribution in [0.2, 0.25) is 0 Å². The van der Waals surface area contributed by atoms with E-state index in [1.165, 1.54) is 50.1 Å². The number of hydrogen-bond acceptors (Lipinski definition) is 3. The van der Waals surface area contributed by atoms with Crippen molar-refractivity contribution >= 4 is 5.69 Å². The number of hydrogen-bond donors (Lipinski definition) is 1. The van der Waals surface area contributed by atoms with Gasteiger partial charge in [0, 0.05) is 18.3 Å². The van der Waals surface area contributed by atoms with Crippen LogP contribution in [0.5, 0.6) is 5.75 Å². The van der Waals surface area contributed by atoms with E-state index in [0.717, 1.165) is 25.2 Å². The monoisotopic (exact) mass is 304 g/mol. The lowest BCUT2D eigenvalue weighted by molar-refractivity contribution is 0.205. The summed E-state index contributed by atoms with van der Waals surface area (Å²) in [4.78, 5) is 2.57. The number of aryl methyl sites for hydroxylation is 1. The van der Waals surface area contributed by atoms with Crippen molar-refractivity contribution in [1.82, 2.24) is 4.90 Å². The van der Waals surface area contributed by atoms with E-state index in [4.69, 9.17) is 4.74 Å². The molecule has 0 saturated carbocycles. The Bertz CT molecular complexity index is 439. The molecule has 1 saturated heterocycles. The van der Waals surface area contributed by atoms with Gasteiger partial charge in [0.25, 0.3) is 0 Å². The van der Waals surface area contributed by atoms with Crippen molar-refractivity contribution in [2.24, 2.45) is 0 Å². The molecule has 1 aromatic rings. The van der Waals surface area contributed by atoms with Crippen LogP contribution in [-0.4, -0.2) is 37.2 Å². The molecule has 1 fully saturated rings. The lowest BCUT2D eigenvalue weighted by atomic mass is 10.1. The van der Waals surface area contributed by atoms with E-state index < -0.39 is 0 Å². The average Bonchev–Trinajstić information content (AvgIpc) is 2.53. The summed E-state index contributed by atoms with van der Waals surface area (Å²) in [5.41, 5.74) is 2.57. The maximum Gasteiger partial charge on any atom is 0.119 e. The molecule has 0 radical (unpaired) electrons. The Labute approximate surface area is 136 Å². The molecule has 3 heteroatoms. The zero-order valence-corrected chi connectivity index (χ0v) is 14.5. The highest BCUT2D eigenvalue weighted by Gasteiger charge is 2.09. The largest absolute Gasteiger partial charge is 0.494 e. The van der Waals surface area contributed by atoms with Crippen molar-refractivity contribution in [2.45, 2.75) is 58.9 Å². The van der Waals surface area contributed by atoms with Crippen molar-refractivity contribution in [3.8, 4) is 5.75 Å². The summed E-state index contributed by atoms with van der Waals surface area (Å²) in [7, 11) is 0. The van der Waals surface area contributed by atoms with Gasteiger partial charge in [-0.05, 0) is 76.4 Å². The molecular formula is C19H32N2O. The van der Waals surface area contributed by atoms with Gasteiger partial charge in [-0.25, -0.2) is 0 Å². The molecule has 0 amide bonds.